The van der Waals surface area contributed by atoms with Crippen LogP contribution in [-0.2, 0) is 0 Å². The summed E-state index contributed by atoms with van der Waals surface area (Å²) in [6.07, 6.45) is 2.89. The summed E-state index contributed by atoms with van der Waals surface area (Å²) in [5.74, 6) is 0.930. The summed E-state index contributed by atoms with van der Waals surface area (Å²) in [5, 5.41) is 3.44. The molecule has 1 aromatic heterocycles. The zero-order valence-corrected chi connectivity index (χ0v) is 12.4. The van der Waals surface area contributed by atoms with Crippen molar-refractivity contribution in [2.75, 3.05) is 11.9 Å². The van der Waals surface area contributed by atoms with Crippen LogP contribution in [0, 0.1) is 6.92 Å². The van der Waals surface area contributed by atoms with E-state index in [-0.39, 0.29) is 6.04 Å². The second kappa shape index (κ2) is 6.94. The molecule has 0 fully saturated rings. The Morgan fingerprint density at radius 1 is 1.15 bits per heavy atom. The lowest BCUT2D eigenvalue weighted by Gasteiger charge is -2.16. The van der Waals surface area contributed by atoms with E-state index in [0.717, 1.165) is 30.2 Å². The minimum atomic E-state index is 0.236. The summed E-state index contributed by atoms with van der Waals surface area (Å²) < 4.78 is 5.59. The summed E-state index contributed by atoms with van der Waals surface area (Å²) in [5.41, 5.74) is 3.30. The average molecular weight is 270 g/mol. The molecule has 20 heavy (non-hydrogen) atoms. The van der Waals surface area contributed by atoms with Crippen LogP contribution >= 0.6 is 0 Å². The molecule has 0 aliphatic carbocycles. The van der Waals surface area contributed by atoms with Crippen LogP contribution in [0.5, 0.6) is 5.75 Å². The average Bonchev–Trinajstić information content (AvgIpc) is 2.48. The molecule has 3 nitrogen and oxygen atoms in total. The maximum absolute atomic E-state index is 5.59. The molecule has 0 saturated carbocycles. The monoisotopic (exact) mass is 270 g/mol. The highest BCUT2D eigenvalue weighted by Crippen LogP contribution is 2.21. The van der Waals surface area contributed by atoms with Gasteiger partial charge in [0.05, 0.1) is 18.5 Å². The van der Waals surface area contributed by atoms with E-state index in [0.29, 0.717) is 0 Å². The van der Waals surface area contributed by atoms with E-state index in [1.54, 1.807) is 0 Å². The number of ether oxygens (including phenoxy) is 1. The van der Waals surface area contributed by atoms with E-state index in [4.69, 9.17) is 4.74 Å². The minimum Gasteiger partial charge on any atom is -0.494 e. The van der Waals surface area contributed by atoms with Crippen LogP contribution in [0.4, 0.5) is 5.69 Å². The molecule has 0 bridgehead atoms. The maximum atomic E-state index is 5.59. The molecular weight excluding hydrogens is 248 g/mol. The fourth-order valence-electron chi connectivity index (χ4n) is 1.96. The molecule has 0 amide bonds. The van der Waals surface area contributed by atoms with Gasteiger partial charge in [-0.3, -0.25) is 4.98 Å². The molecular formula is C17H22N2O. The second-order valence-corrected chi connectivity index (χ2v) is 4.97. The summed E-state index contributed by atoms with van der Waals surface area (Å²) in [6, 6.07) is 12.6. The summed E-state index contributed by atoms with van der Waals surface area (Å²) in [7, 11) is 0. The molecule has 2 aromatic rings. The normalized spacial score (nSPS) is 11.9. The van der Waals surface area contributed by atoms with Gasteiger partial charge in [-0.25, -0.2) is 0 Å². The van der Waals surface area contributed by atoms with Crippen LogP contribution in [0.2, 0.25) is 0 Å². The zero-order valence-electron chi connectivity index (χ0n) is 12.4. The van der Waals surface area contributed by atoms with Crippen LogP contribution < -0.4 is 10.1 Å². The van der Waals surface area contributed by atoms with E-state index >= 15 is 0 Å². The molecule has 1 heterocycles. The first-order valence-corrected chi connectivity index (χ1v) is 7.11. The van der Waals surface area contributed by atoms with Crippen molar-refractivity contribution < 1.29 is 4.74 Å². The number of anilines is 1. The molecule has 0 aliphatic rings. The van der Waals surface area contributed by atoms with Gasteiger partial charge in [-0.15, -0.1) is 0 Å². The van der Waals surface area contributed by atoms with Crippen molar-refractivity contribution in [3.63, 3.8) is 0 Å². The maximum Gasteiger partial charge on any atom is 0.119 e. The van der Waals surface area contributed by atoms with Crippen LogP contribution in [0.3, 0.4) is 0 Å². The largest absolute Gasteiger partial charge is 0.494 e. The lowest BCUT2D eigenvalue weighted by molar-refractivity contribution is 0.317. The van der Waals surface area contributed by atoms with Crippen LogP contribution in [-0.4, -0.2) is 11.6 Å². The molecule has 1 unspecified atom stereocenters. The predicted molar refractivity (Wildman–Crippen MR) is 83.2 cm³/mol. The highest BCUT2D eigenvalue weighted by atomic mass is 16.5. The highest BCUT2D eigenvalue weighted by Gasteiger charge is 2.05. The number of benzene rings is 1. The van der Waals surface area contributed by atoms with Gasteiger partial charge in [0.15, 0.2) is 0 Å². The van der Waals surface area contributed by atoms with Gasteiger partial charge in [-0.05, 0) is 50.1 Å². The van der Waals surface area contributed by atoms with Crippen molar-refractivity contribution >= 4 is 5.69 Å². The van der Waals surface area contributed by atoms with E-state index in [2.05, 4.69) is 42.3 Å². The molecule has 0 spiro atoms. The van der Waals surface area contributed by atoms with Gasteiger partial charge in [-0.1, -0.05) is 19.1 Å². The third kappa shape index (κ3) is 3.98. The topological polar surface area (TPSA) is 34.1 Å². The van der Waals surface area contributed by atoms with Crippen molar-refractivity contribution in [2.24, 2.45) is 0 Å². The fraction of sp³-hybridized carbons (Fsp3) is 0.353. The molecule has 106 valence electrons. The third-order valence-corrected chi connectivity index (χ3v) is 3.15. The molecule has 1 aromatic carbocycles. The van der Waals surface area contributed by atoms with Gasteiger partial charge >= 0.3 is 0 Å². The van der Waals surface area contributed by atoms with Gasteiger partial charge in [0, 0.05) is 11.7 Å². The molecule has 0 radical (unpaired) electrons. The Labute approximate surface area is 121 Å². The Morgan fingerprint density at radius 3 is 2.50 bits per heavy atom. The number of pyridine rings is 1. The standard InChI is InChI=1S/C17H22N2O/c1-4-11-20-17-9-6-15(7-10-17)14(3)19-16-8-5-13(2)18-12-16/h5-10,12,14,19H,4,11H2,1-3H3. The number of rotatable bonds is 6. The van der Waals surface area contributed by atoms with Crippen molar-refractivity contribution in [1.82, 2.24) is 4.98 Å². The first kappa shape index (κ1) is 14.4. The number of nitrogens with one attached hydrogen (secondary N) is 1. The lowest BCUT2D eigenvalue weighted by Crippen LogP contribution is -2.07. The van der Waals surface area contributed by atoms with Crippen LogP contribution in [0.15, 0.2) is 42.6 Å². The van der Waals surface area contributed by atoms with E-state index in [1.165, 1.54) is 5.56 Å². The fourth-order valence-corrected chi connectivity index (χ4v) is 1.96. The smallest absolute Gasteiger partial charge is 0.119 e. The van der Waals surface area contributed by atoms with Gasteiger partial charge in [0.1, 0.15) is 5.75 Å². The molecule has 0 aliphatic heterocycles. The molecule has 2 rings (SSSR count). The Hall–Kier alpha value is -2.03. The molecule has 0 saturated heterocycles. The van der Waals surface area contributed by atoms with Crippen LogP contribution in [0.25, 0.3) is 0 Å². The Balaban J connectivity index is 1.98. The van der Waals surface area contributed by atoms with Crippen molar-refractivity contribution in [1.29, 1.82) is 0 Å². The van der Waals surface area contributed by atoms with Gasteiger partial charge < -0.3 is 10.1 Å². The summed E-state index contributed by atoms with van der Waals surface area (Å²) in [6.45, 7) is 7.00. The summed E-state index contributed by atoms with van der Waals surface area (Å²) >= 11 is 0. The third-order valence-electron chi connectivity index (χ3n) is 3.15. The molecule has 1 N–H and O–H groups in total. The number of hydrogen-bond acceptors (Lipinski definition) is 3. The Bertz CT molecular complexity index is 520. The highest BCUT2D eigenvalue weighted by molar-refractivity contribution is 5.44. The van der Waals surface area contributed by atoms with Crippen molar-refractivity contribution in [3.05, 3.63) is 53.9 Å². The second-order valence-electron chi connectivity index (χ2n) is 4.97. The Morgan fingerprint density at radius 2 is 1.90 bits per heavy atom. The lowest BCUT2D eigenvalue weighted by atomic mass is 10.1. The number of aryl methyl sites for hydroxylation is 1. The zero-order chi connectivity index (χ0) is 14.4. The molecule has 3 heteroatoms. The number of nitrogens with zero attached hydrogens (tertiary/aromatic N) is 1. The summed E-state index contributed by atoms with van der Waals surface area (Å²) in [4.78, 5) is 4.29. The van der Waals surface area contributed by atoms with Crippen LogP contribution in [0.1, 0.15) is 37.6 Å². The van der Waals surface area contributed by atoms with Crippen molar-refractivity contribution in [3.8, 4) is 5.75 Å². The minimum absolute atomic E-state index is 0.236. The molecule has 1 atom stereocenters. The van der Waals surface area contributed by atoms with Gasteiger partial charge in [0.25, 0.3) is 0 Å². The van der Waals surface area contributed by atoms with E-state index < -0.39 is 0 Å². The van der Waals surface area contributed by atoms with E-state index in [1.807, 2.05) is 31.3 Å². The first-order valence-electron chi connectivity index (χ1n) is 7.11. The van der Waals surface area contributed by atoms with Crippen molar-refractivity contribution in [2.45, 2.75) is 33.2 Å². The number of aromatic nitrogens is 1. The quantitative estimate of drug-likeness (QED) is 0.847. The predicted octanol–water partition coefficient (Wildman–Crippen LogP) is 4.35. The van der Waals surface area contributed by atoms with Gasteiger partial charge in [-0.2, -0.15) is 0 Å². The SMILES string of the molecule is CCCOc1ccc(C(C)Nc2ccc(C)nc2)cc1. The van der Waals surface area contributed by atoms with E-state index in [9.17, 15) is 0 Å². The van der Waals surface area contributed by atoms with Gasteiger partial charge in [0.2, 0.25) is 0 Å². The first-order chi connectivity index (χ1) is 9.69. The Kier molecular flexibility index (Phi) is 4.99. The number of hydrogen-bond donors (Lipinski definition) is 1.